The molecule has 0 bridgehead atoms. The molecule has 3 aromatic rings. The highest BCUT2D eigenvalue weighted by Gasteiger charge is 2.43. The molecular formula is C47H66N12O9. The molecule has 2 aromatic carbocycles. The SMILES string of the molecule is NC(N)=NCCC[C@@H]1NC(=O)[C@H](Cc2c[nH]c3ccccc23)NC(=O)[C@@H](CC2CCC(O)CC2)NC(=O)[C@@H]2C[C@H](N)CN2C(=O)[C@@H](NC(=O)C(Cc2ccccc2)NCC(=O)O)CCCNC1=O. The summed E-state index contributed by atoms with van der Waals surface area (Å²) in [4.78, 5) is 107. The molecule has 21 nitrogen and oxygen atoms in total. The molecule has 21 heteroatoms. The van der Waals surface area contributed by atoms with Gasteiger partial charge in [-0.2, -0.15) is 0 Å². The van der Waals surface area contributed by atoms with E-state index in [-0.39, 0.29) is 76.5 Å². The number of hydrogen-bond acceptors (Lipinski definition) is 11. The number of aromatic nitrogens is 1. The van der Waals surface area contributed by atoms with Crippen molar-refractivity contribution in [3.8, 4) is 0 Å². The molecule has 1 aliphatic carbocycles. The highest BCUT2D eigenvalue weighted by Crippen LogP contribution is 2.29. The number of carboxylic acid groups (broad SMARTS) is 1. The summed E-state index contributed by atoms with van der Waals surface area (Å²) < 4.78 is 0. The zero-order chi connectivity index (χ0) is 48.7. The molecule has 2 aliphatic heterocycles. The number of guanidine groups is 1. The van der Waals surface area contributed by atoms with Gasteiger partial charge in [-0.15, -0.1) is 0 Å². The van der Waals surface area contributed by atoms with Crippen LogP contribution in [0.25, 0.3) is 10.9 Å². The average molecular weight is 943 g/mol. The Kier molecular flexibility index (Phi) is 18.3. The van der Waals surface area contributed by atoms with Crippen molar-refractivity contribution in [2.75, 3.05) is 26.2 Å². The van der Waals surface area contributed by atoms with Crippen LogP contribution < -0.4 is 49.1 Å². The normalized spacial score (nSPS) is 26.0. The molecular weight excluding hydrogens is 877 g/mol. The van der Waals surface area contributed by atoms with Gasteiger partial charge in [0, 0.05) is 49.2 Å². The number of aliphatic imine (C=N–C) groups is 1. The van der Waals surface area contributed by atoms with Crippen molar-refractivity contribution in [3.05, 3.63) is 71.9 Å². The first kappa shape index (κ1) is 50.8. The molecule has 2 saturated heterocycles. The minimum Gasteiger partial charge on any atom is -0.480 e. The number of nitrogens with two attached hydrogens (primary N) is 3. The Bertz CT molecular complexity index is 2260. The van der Waals surface area contributed by atoms with Crippen LogP contribution in [0.4, 0.5) is 0 Å². The minimum atomic E-state index is -1.25. The number of rotatable bonds is 15. The molecule has 68 heavy (non-hydrogen) atoms. The van der Waals surface area contributed by atoms with Crippen molar-refractivity contribution >= 4 is 58.3 Å². The van der Waals surface area contributed by atoms with Gasteiger partial charge in [-0.3, -0.25) is 43.9 Å². The number of fused-ring (bicyclic) bond motifs is 2. The monoisotopic (exact) mass is 943 g/mol. The lowest BCUT2D eigenvalue weighted by atomic mass is 9.83. The number of aliphatic carboxylic acids is 1. The molecule has 3 fully saturated rings. The Hall–Kier alpha value is -6.58. The molecule has 368 valence electrons. The highest BCUT2D eigenvalue weighted by atomic mass is 16.4. The van der Waals surface area contributed by atoms with Gasteiger partial charge in [0.15, 0.2) is 5.96 Å². The zero-order valence-electron chi connectivity index (χ0n) is 38.2. The first-order valence-electron chi connectivity index (χ1n) is 23.5. The predicted octanol–water partition coefficient (Wildman–Crippen LogP) is -1.23. The van der Waals surface area contributed by atoms with E-state index in [9.17, 15) is 43.8 Å². The number of nitrogens with one attached hydrogen (secondary N) is 7. The van der Waals surface area contributed by atoms with Crippen LogP contribution >= 0.6 is 0 Å². The summed E-state index contributed by atoms with van der Waals surface area (Å²) >= 11 is 0. The number of carboxylic acids is 1. The summed E-state index contributed by atoms with van der Waals surface area (Å²) in [6.45, 7) is -0.421. The summed E-state index contributed by atoms with van der Waals surface area (Å²) in [6, 6.07) is 8.78. The van der Waals surface area contributed by atoms with Gasteiger partial charge in [-0.25, -0.2) is 0 Å². The van der Waals surface area contributed by atoms with Gasteiger partial charge >= 0.3 is 5.97 Å². The number of para-hydroxylation sites is 1. The quantitative estimate of drug-likeness (QED) is 0.0483. The maximum Gasteiger partial charge on any atom is 0.317 e. The largest absolute Gasteiger partial charge is 0.480 e. The average Bonchev–Trinajstić information content (AvgIpc) is 3.92. The van der Waals surface area contributed by atoms with E-state index in [0.29, 0.717) is 32.1 Å². The smallest absolute Gasteiger partial charge is 0.317 e. The first-order chi connectivity index (χ1) is 32.6. The van der Waals surface area contributed by atoms with E-state index >= 15 is 0 Å². The van der Waals surface area contributed by atoms with E-state index in [2.05, 4.69) is 41.9 Å². The van der Waals surface area contributed by atoms with Crippen LogP contribution in [0.15, 0.2) is 65.8 Å². The third-order valence-corrected chi connectivity index (χ3v) is 12.9. The van der Waals surface area contributed by atoms with Crippen LogP contribution in [0, 0.1) is 5.92 Å². The van der Waals surface area contributed by atoms with Crippen LogP contribution in [0.1, 0.15) is 75.3 Å². The molecule has 1 aromatic heterocycles. The van der Waals surface area contributed by atoms with Gasteiger partial charge in [-0.1, -0.05) is 48.5 Å². The van der Waals surface area contributed by atoms with Crippen molar-refractivity contribution in [2.24, 2.45) is 28.1 Å². The molecule has 3 aliphatic rings. The summed E-state index contributed by atoms with van der Waals surface area (Å²) in [5, 5.41) is 37.7. The van der Waals surface area contributed by atoms with Crippen LogP contribution in [-0.4, -0.2) is 142 Å². The second-order valence-corrected chi connectivity index (χ2v) is 18.1. The van der Waals surface area contributed by atoms with E-state index < -0.39 is 96.4 Å². The second-order valence-electron chi connectivity index (χ2n) is 18.1. The number of nitrogens with zero attached hydrogens (tertiary/aromatic N) is 2. The van der Waals surface area contributed by atoms with E-state index in [1.54, 1.807) is 36.5 Å². The predicted molar refractivity (Wildman–Crippen MR) is 252 cm³/mol. The lowest BCUT2D eigenvalue weighted by molar-refractivity contribution is -0.143. The van der Waals surface area contributed by atoms with Gasteiger partial charge in [0.2, 0.25) is 35.4 Å². The van der Waals surface area contributed by atoms with Crippen molar-refractivity contribution in [3.63, 3.8) is 0 Å². The molecule has 7 atom stereocenters. The number of benzene rings is 2. The molecule has 1 saturated carbocycles. The van der Waals surface area contributed by atoms with E-state index in [4.69, 9.17) is 17.2 Å². The number of hydrogen-bond donors (Lipinski definition) is 12. The number of amides is 6. The Morgan fingerprint density at radius 1 is 0.853 bits per heavy atom. The molecule has 0 spiro atoms. The summed E-state index contributed by atoms with van der Waals surface area (Å²) in [7, 11) is 0. The summed E-state index contributed by atoms with van der Waals surface area (Å²) in [5.74, 6) is -5.21. The molecule has 6 rings (SSSR count). The molecule has 6 amide bonds. The van der Waals surface area contributed by atoms with E-state index in [1.165, 1.54) is 4.90 Å². The molecule has 15 N–H and O–H groups in total. The topological polar surface area (TPSA) is 342 Å². The van der Waals surface area contributed by atoms with Crippen LogP contribution in [-0.2, 0) is 46.4 Å². The van der Waals surface area contributed by atoms with E-state index in [1.807, 2.05) is 24.3 Å². The van der Waals surface area contributed by atoms with Crippen LogP contribution in [0.2, 0.25) is 0 Å². The highest BCUT2D eigenvalue weighted by molar-refractivity contribution is 5.97. The Labute approximate surface area is 394 Å². The fourth-order valence-electron chi connectivity index (χ4n) is 9.31. The Balaban J connectivity index is 1.33. The van der Waals surface area contributed by atoms with Crippen molar-refractivity contribution < 1.29 is 43.8 Å². The maximum atomic E-state index is 14.7. The fourth-order valence-corrected chi connectivity index (χ4v) is 9.31. The number of aromatic amines is 1. The Morgan fingerprint density at radius 3 is 2.28 bits per heavy atom. The number of aliphatic hydroxyl groups is 1. The lowest BCUT2D eigenvalue weighted by Crippen LogP contribution is -2.60. The van der Waals surface area contributed by atoms with Crippen LogP contribution in [0.5, 0.6) is 0 Å². The number of H-pyrrole nitrogens is 1. The minimum absolute atomic E-state index is 0.00225. The molecule has 0 radical (unpaired) electrons. The van der Waals surface area contributed by atoms with Crippen LogP contribution in [0.3, 0.4) is 0 Å². The molecule has 1 unspecified atom stereocenters. The summed E-state index contributed by atoms with van der Waals surface area (Å²) in [5.41, 5.74) is 19.8. The van der Waals surface area contributed by atoms with E-state index in [0.717, 1.165) is 22.0 Å². The fraction of sp³-hybridized carbons (Fsp3) is 0.532. The Morgan fingerprint density at radius 2 is 1.54 bits per heavy atom. The second kappa shape index (κ2) is 24.4. The zero-order valence-corrected chi connectivity index (χ0v) is 38.2. The third-order valence-electron chi connectivity index (χ3n) is 12.9. The van der Waals surface area contributed by atoms with Crippen molar-refractivity contribution in [1.82, 2.24) is 41.8 Å². The van der Waals surface area contributed by atoms with Gasteiger partial charge in [0.25, 0.3) is 0 Å². The van der Waals surface area contributed by atoms with Gasteiger partial charge in [-0.05, 0) is 93.7 Å². The van der Waals surface area contributed by atoms with Gasteiger partial charge in [0.1, 0.15) is 30.2 Å². The standard InChI is InChI=1S/C47H66N12O9/c48-30-23-39-45(67)58-37(21-28-14-16-31(60)17-15-28)43(65)57-38(22-29-24-53-33-11-5-4-10-32(29)33)44(66)55-34(12-6-19-52-47(49)50)41(63)51-18-7-13-35(46(68)59(39)26-30)56-42(64)36(54-25-40(61)62)20-27-8-2-1-3-9-27/h1-5,8-11,24,28,30-31,34-39,53-54,60H,6-7,12-23,25-26,48H2,(H,51,63)(H,55,66)(H,56,64)(H,57,65)(H,58,67)(H,61,62)(H4,49,50,52)/t28?,30-,31?,34-,35-,36?,37+,38-,39-/m0/s1. The number of carbonyl (C=O) groups excluding carboxylic acids is 6. The van der Waals surface area contributed by atoms with Gasteiger partial charge < -0.3 is 63.9 Å². The number of carbonyl (C=O) groups is 7. The number of aliphatic hydroxyl groups excluding tert-OH is 1. The third kappa shape index (κ3) is 14.5. The van der Waals surface area contributed by atoms with Crippen molar-refractivity contribution in [2.45, 2.75) is 125 Å². The summed E-state index contributed by atoms with van der Waals surface area (Å²) in [6.07, 6.45) is 4.32. The van der Waals surface area contributed by atoms with Gasteiger partial charge in [0.05, 0.1) is 18.7 Å². The maximum absolute atomic E-state index is 14.7. The first-order valence-corrected chi connectivity index (χ1v) is 23.5. The lowest BCUT2D eigenvalue weighted by Gasteiger charge is -2.33. The molecule has 3 heterocycles. The van der Waals surface area contributed by atoms with Crippen molar-refractivity contribution in [1.29, 1.82) is 0 Å².